The number of hydrogen-bond donors (Lipinski definition) is 0. The summed E-state index contributed by atoms with van der Waals surface area (Å²) >= 11 is 0. The predicted molar refractivity (Wildman–Crippen MR) is 175 cm³/mol. The Morgan fingerprint density at radius 1 is 0.878 bits per heavy atom. The Labute approximate surface area is 253 Å². The molecule has 0 aliphatic rings. The van der Waals surface area contributed by atoms with Crippen molar-refractivity contribution >= 4 is 22.7 Å². The van der Waals surface area contributed by atoms with Crippen molar-refractivity contribution in [1.82, 2.24) is 4.90 Å². The van der Waals surface area contributed by atoms with Crippen molar-refractivity contribution < 1.29 is 27.9 Å². The van der Waals surface area contributed by atoms with E-state index in [2.05, 4.69) is 67.7 Å². The van der Waals surface area contributed by atoms with E-state index in [-0.39, 0.29) is 35.1 Å². The number of methoxy groups -OCH3 is 1. The van der Waals surface area contributed by atoms with Crippen LogP contribution in [0.2, 0.25) is 36.3 Å². The van der Waals surface area contributed by atoms with E-state index in [0.29, 0.717) is 13.0 Å². The fourth-order valence-electron chi connectivity index (χ4n) is 3.79. The minimum atomic E-state index is -2.17. The van der Waals surface area contributed by atoms with Gasteiger partial charge in [-0.15, -0.1) is 0 Å². The first-order valence-electron chi connectivity index (χ1n) is 15.0. The molecule has 1 rings (SSSR count). The molecule has 0 fully saturated rings. The van der Waals surface area contributed by atoms with Gasteiger partial charge in [-0.25, -0.2) is 4.79 Å². The van der Waals surface area contributed by atoms with Crippen molar-refractivity contribution in [1.29, 1.82) is 0 Å². The first-order valence-corrected chi connectivity index (χ1v) is 20.8. The second-order valence-corrected chi connectivity index (χ2v) is 24.8. The molecule has 1 aromatic rings. The standard InChI is InChI=1S/C32H61NO6Si2/c1-30(2,3)38-29(34)33(10)27(23-25-18-20-26(21-19-25)36-24-35-11)28(39-41(14,15)32(7,8)9)17-16-22-37-40(12,13)31(4,5)6/h18-21,27-28H,16-17,22-24H2,1-15H3/t27-,28-/m0/s1. The summed E-state index contributed by atoms with van der Waals surface area (Å²) in [7, 11) is -0.593. The molecular weight excluding hydrogens is 551 g/mol. The molecule has 0 unspecified atom stereocenters. The smallest absolute Gasteiger partial charge is 0.410 e. The van der Waals surface area contributed by atoms with E-state index in [1.807, 2.05) is 52.1 Å². The van der Waals surface area contributed by atoms with Crippen LogP contribution in [0.1, 0.15) is 80.7 Å². The molecule has 0 spiro atoms. The Morgan fingerprint density at radius 3 is 1.88 bits per heavy atom. The summed E-state index contributed by atoms with van der Waals surface area (Å²) in [6.07, 6.45) is 1.75. The summed E-state index contributed by atoms with van der Waals surface area (Å²) < 4.78 is 30.1. The van der Waals surface area contributed by atoms with Crippen LogP contribution >= 0.6 is 0 Å². The number of nitrogens with zero attached hydrogens (tertiary/aromatic N) is 1. The first-order chi connectivity index (χ1) is 18.5. The maximum atomic E-state index is 13.4. The molecule has 7 nitrogen and oxygen atoms in total. The summed E-state index contributed by atoms with van der Waals surface area (Å²) in [6, 6.07) is 7.75. The van der Waals surface area contributed by atoms with Gasteiger partial charge in [-0.05, 0) is 94.0 Å². The highest BCUT2D eigenvalue weighted by molar-refractivity contribution is 6.74. The molecule has 0 saturated heterocycles. The van der Waals surface area contributed by atoms with Crippen LogP contribution in [-0.2, 0) is 24.7 Å². The number of benzene rings is 1. The van der Waals surface area contributed by atoms with Crippen molar-refractivity contribution in [2.75, 3.05) is 27.6 Å². The monoisotopic (exact) mass is 611 g/mol. The third-order valence-electron chi connectivity index (χ3n) is 8.47. The van der Waals surface area contributed by atoms with Crippen molar-refractivity contribution in [3.8, 4) is 5.75 Å². The zero-order valence-corrected chi connectivity index (χ0v) is 30.9. The normalized spacial score (nSPS) is 14.9. The molecule has 0 aromatic heterocycles. The molecule has 0 radical (unpaired) electrons. The van der Waals surface area contributed by atoms with E-state index in [9.17, 15) is 4.79 Å². The summed E-state index contributed by atoms with van der Waals surface area (Å²) in [5.41, 5.74) is 0.500. The van der Waals surface area contributed by atoms with E-state index in [4.69, 9.17) is 23.1 Å². The van der Waals surface area contributed by atoms with Gasteiger partial charge in [0, 0.05) is 20.8 Å². The molecule has 0 heterocycles. The Morgan fingerprint density at radius 2 is 1.41 bits per heavy atom. The summed E-state index contributed by atoms with van der Waals surface area (Å²) in [5, 5.41) is 0.181. The van der Waals surface area contributed by atoms with Gasteiger partial charge in [-0.2, -0.15) is 0 Å². The highest BCUT2D eigenvalue weighted by atomic mass is 28.4. The lowest BCUT2D eigenvalue weighted by Crippen LogP contribution is -2.53. The molecule has 238 valence electrons. The minimum absolute atomic E-state index is 0.0261. The Kier molecular flexibility index (Phi) is 13.6. The van der Waals surface area contributed by atoms with Gasteiger partial charge in [-0.3, -0.25) is 0 Å². The van der Waals surface area contributed by atoms with E-state index in [1.54, 1.807) is 12.0 Å². The minimum Gasteiger partial charge on any atom is -0.468 e. The van der Waals surface area contributed by atoms with Crippen LogP contribution in [0, 0.1) is 0 Å². The SMILES string of the molecule is COCOc1ccc(C[C@@H]([C@H](CCCO[Si](C)(C)C(C)(C)C)O[Si](C)(C)C(C)(C)C)N(C)C(=O)OC(C)(C)C)cc1. The number of hydrogen-bond acceptors (Lipinski definition) is 6. The number of ether oxygens (including phenoxy) is 3. The molecule has 41 heavy (non-hydrogen) atoms. The Balaban J connectivity index is 3.38. The third kappa shape index (κ3) is 12.4. The lowest BCUT2D eigenvalue weighted by molar-refractivity contribution is 0.00220. The second-order valence-electron chi connectivity index (χ2n) is 15.2. The average Bonchev–Trinajstić information content (AvgIpc) is 2.81. The fourth-order valence-corrected chi connectivity index (χ4v) is 6.26. The lowest BCUT2D eigenvalue weighted by Gasteiger charge is -2.44. The van der Waals surface area contributed by atoms with Crippen molar-refractivity contribution in [2.45, 2.75) is 136 Å². The molecule has 2 atom stereocenters. The van der Waals surface area contributed by atoms with Crippen LogP contribution < -0.4 is 4.74 Å². The van der Waals surface area contributed by atoms with Crippen LogP contribution in [-0.4, -0.2) is 72.9 Å². The molecule has 0 saturated carbocycles. The van der Waals surface area contributed by atoms with E-state index in [1.165, 1.54) is 0 Å². The highest BCUT2D eigenvalue weighted by Crippen LogP contribution is 2.39. The topological polar surface area (TPSA) is 66.5 Å². The van der Waals surface area contributed by atoms with Crippen LogP contribution in [0.5, 0.6) is 5.75 Å². The second kappa shape index (κ2) is 14.9. The van der Waals surface area contributed by atoms with Crippen LogP contribution in [0.3, 0.4) is 0 Å². The van der Waals surface area contributed by atoms with E-state index >= 15 is 0 Å². The Hall–Kier alpha value is -1.40. The number of amides is 1. The molecule has 1 amide bonds. The van der Waals surface area contributed by atoms with Crippen molar-refractivity contribution in [3.05, 3.63) is 29.8 Å². The van der Waals surface area contributed by atoms with Crippen molar-refractivity contribution in [3.63, 3.8) is 0 Å². The highest BCUT2D eigenvalue weighted by Gasteiger charge is 2.43. The molecule has 1 aromatic carbocycles. The fraction of sp³-hybridized carbons (Fsp3) is 0.781. The Bertz CT molecular complexity index is 929. The molecule has 0 aliphatic heterocycles. The van der Waals surface area contributed by atoms with Crippen LogP contribution in [0.15, 0.2) is 24.3 Å². The van der Waals surface area contributed by atoms with Gasteiger partial charge < -0.3 is 28.0 Å². The maximum Gasteiger partial charge on any atom is 0.410 e. The van der Waals surface area contributed by atoms with Gasteiger partial charge in [0.15, 0.2) is 23.4 Å². The number of carbonyl (C=O) groups is 1. The van der Waals surface area contributed by atoms with Gasteiger partial charge >= 0.3 is 6.09 Å². The largest absolute Gasteiger partial charge is 0.468 e. The zero-order chi connectivity index (χ0) is 31.9. The van der Waals surface area contributed by atoms with E-state index in [0.717, 1.165) is 24.2 Å². The average molecular weight is 612 g/mol. The summed E-state index contributed by atoms with van der Waals surface area (Å²) in [6.45, 7) is 29.2. The number of likely N-dealkylation sites (N-methyl/N-ethyl adjacent to an activating group) is 1. The third-order valence-corrected chi connectivity index (χ3v) is 17.5. The molecular formula is C32H61NO6Si2. The molecule has 0 N–H and O–H groups in total. The number of rotatable bonds is 14. The van der Waals surface area contributed by atoms with Crippen LogP contribution in [0.4, 0.5) is 4.79 Å². The first kappa shape index (κ1) is 37.6. The molecule has 0 bridgehead atoms. The lowest BCUT2D eigenvalue weighted by atomic mass is 9.97. The quantitative estimate of drug-likeness (QED) is 0.119. The van der Waals surface area contributed by atoms with Gasteiger partial charge in [0.1, 0.15) is 11.4 Å². The van der Waals surface area contributed by atoms with Gasteiger partial charge in [0.25, 0.3) is 0 Å². The van der Waals surface area contributed by atoms with Gasteiger partial charge in [0.05, 0.1) is 12.1 Å². The number of carbonyl (C=O) groups excluding carboxylic acids is 1. The predicted octanol–water partition coefficient (Wildman–Crippen LogP) is 8.64. The zero-order valence-electron chi connectivity index (χ0n) is 28.9. The van der Waals surface area contributed by atoms with Gasteiger partial charge in [0.2, 0.25) is 0 Å². The molecule has 9 heteroatoms. The van der Waals surface area contributed by atoms with Crippen LogP contribution in [0.25, 0.3) is 0 Å². The summed E-state index contributed by atoms with van der Waals surface area (Å²) in [5.74, 6) is 0.740. The molecule has 0 aliphatic carbocycles. The van der Waals surface area contributed by atoms with Crippen molar-refractivity contribution in [2.24, 2.45) is 0 Å². The van der Waals surface area contributed by atoms with E-state index < -0.39 is 22.2 Å². The maximum absolute atomic E-state index is 13.4. The summed E-state index contributed by atoms with van der Waals surface area (Å²) in [4.78, 5) is 15.2. The van der Waals surface area contributed by atoms with Gasteiger partial charge in [-0.1, -0.05) is 53.7 Å².